The number of carboxylic acid groups (broad SMARTS) is 1. The number of hydrogen-bond acceptors (Lipinski definition) is 8. The molecule has 11 heteroatoms. The molecule has 124 valence electrons. The number of aliphatic carboxylic acids is 1. The molecule has 1 fully saturated rings. The number of rotatable bonds is 6. The number of β-lactam (4-membered cyclic amide) rings is 1. The zero-order chi connectivity index (χ0) is 16.6. The third-order valence-electron chi connectivity index (χ3n) is 3.60. The first-order valence-corrected chi connectivity index (χ1v) is 9.12. The molecule has 1 saturated heterocycles. The second-order valence-electron chi connectivity index (χ2n) is 5.17. The van der Waals surface area contributed by atoms with Crippen LogP contribution >= 0.6 is 23.5 Å². The van der Waals surface area contributed by atoms with Gasteiger partial charge in [0.15, 0.2) is 0 Å². The van der Waals surface area contributed by atoms with Gasteiger partial charge in [-0.3, -0.25) is 9.69 Å². The van der Waals surface area contributed by atoms with Gasteiger partial charge in [-0.1, -0.05) is 18.7 Å². The minimum absolute atomic E-state index is 0.0578. The van der Waals surface area contributed by atoms with E-state index in [2.05, 4.69) is 15.5 Å². The third kappa shape index (κ3) is 2.83. The Hall–Kier alpha value is -1.59. The van der Waals surface area contributed by atoms with Crippen LogP contribution in [-0.4, -0.2) is 65.0 Å². The molecule has 0 bridgehead atoms. The smallest absolute Gasteiger partial charge is 0.352 e. The van der Waals surface area contributed by atoms with Gasteiger partial charge in [0.2, 0.25) is 11.1 Å². The van der Waals surface area contributed by atoms with Gasteiger partial charge in [-0.2, -0.15) is 0 Å². The Labute approximate surface area is 140 Å². The van der Waals surface area contributed by atoms with Crippen LogP contribution in [0.15, 0.2) is 16.4 Å². The van der Waals surface area contributed by atoms with E-state index in [9.17, 15) is 14.7 Å². The molecule has 0 saturated carbocycles. The Morgan fingerprint density at radius 3 is 3.04 bits per heavy atom. The van der Waals surface area contributed by atoms with E-state index in [0.29, 0.717) is 28.8 Å². The number of thioether (sulfide) groups is 2. The number of hydrogen-bond donors (Lipinski definition) is 2. The van der Waals surface area contributed by atoms with E-state index in [1.165, 1.54) is 28.4 Å². The summed E-state index contributed by atoms with van der Waals surface area (Å²) in [5, 5.41) is 21.3. The van der Waals surface area contributed by atoms with Crippen LogP contribution in [0.4, 0.5) is 0 Å². The number of aromatic nitrogens is 4. The first-order chi connectivity index (χ1) is 11.0. The van der Waals surface area contributed by atoms with Gasteiger partial charge in [-0.25, -0.2) is 9.48 Å². The van der Waals surface area contributed by atoms with Crippen LogP contribution in [0.1, 0.15) is 13.3 Å². The molecule has 2 aliphatic rings. The minimum atomic E-state index is -1.10. The molecule has 0 aliphatic carbocycles. The number of fused-ring (bicyclic) bond motifs is 1. The third-order valence-corrected chi connectivity index (χ3v) is 6.01. The van der Waals surface area contributed by atoms with Crippen molar-refractivity contribution in [2.24, 2.45) is 5.73 Å². The predicted molar refractivity (Wildman–Crippen MR) is 84.6 cm³/mol. The zero-order valence-electron chi connectivity index (χ0n) is 12.4. The number of aryl methyl sites for hydroxylation is 1. The lowest BCUT2D eigenvalue weighted by atomic mass is 10.0. The standard InChI is InChI=1S/C12H16N6O3S2/c1-2-3-17-12(14-15-16-17)23-5-6-4-22-10-7(13)9(19)18(10)8(6)11(20)21/h7,10H,2-5,13H2,1H3,(H,20,21)/t7?,10-/m0/s1. The molecule has 9 nitrogen and oxygen atoms in total. The summed E-state index contributed by atoms with van der Waals surface area (Å²) in [6.07, 6.45) is 0.902. The quantitative estimate of drug-likeness (QED) is 0.524. The molecule has 23 heavy (non-hydrogen) atoms. The van der Waals surface area contributed by atoms with E-state index < -0.39 is 12.0 Å². The van der Waals surface area contributed by atoms with Crippen molar-refractivity contribution < 1.29 is 14.7 Å². The maximum Gasteiger partial charge on any atom is 0.352 e. The highest BCUT2D eigenvalue weighted by Crippen LogP contribution is 2.40. The first-order valence-electron chi connectivity index (χ1n) is 7.09. The van der Waals surface area contributed by atoms with E-state index in [4.69, 9.17) is 5.73 Å². The van der Waals surface area contributed by atoms with E-state index in [1.807, 2.05) is 6.92 Å². The van der Waals surface area contributed by atoms with Gasteiger partial charge in [0, 0.05) is 18.1 Å². The Morgan fingerprint density at radius 1 is 1.57 bits per heavy atom. The van der Waals surface area contributed by atoms with Crippen molar-refractivity contribution in [2.45, 2.75) is 36.5 Å². The number of carboxylic acids is 1. The molecule has 2 aliphatic heterocycles. The lowest BCUT2D eigenvalue weighted by Gasteiger charge is -2.48. The molecule has 1 aromatic heterocycles. The molecular formula is C12H16N6O3S2. The first kappa shape index (κ1) is 16.3. The summed E-state index contributed by atoms with van der Waals surface area (Å²) in [5.74, 6) is -0.478. The van der Waals surface area contributed by atoms with Crippen molar-refractivity contribution in [2.75, 3.05) is 11.5 Å². The van der Waals surface area contributed by atoms with E-state index >= 15 is 0 Å². The van der Waals surface area contributed by atoms with Crippen molar-refractivity contribution >= 4 is 35.4 Å². The van der Waals surface area contributed by atoms with Crippen LogP contribution < -0.4 is 5.73 Å². The van der Waals surface area contributed by atoms with Crippen LogP contribution in [0.5, 0.6) is 0 Å². The van der Waals surface area contributed by atoms with Gasteiger partial charge < -0.3 is 10.8 Å². The summed E-state index contributed by atoms with van der Waals surface area (Å²) in [4.78, 5) is 24.8. The highest BCUT2D eigenvalue weighted by atomic mass is 32.2. The molecule has 3 N–H and O–H groups in total. The van der Waals surface area contributed by atoms with E-state index in [1.54, 1.807) is 4.68 Å². The van der Waals surface area contributed by atoms with Gasteiger partial charge in [0.1, 0.15) is 17.1 Å². The van der Waals surface area contributed by atoms with Crippen LogP contribution in [0, 0.1) is 0 Å². The molecule has 0 aromatic carbocycles. The summed E-state index contributed by atoms with van der Waals surface area (Å²) in [5.41, 5.74) is 6.47. The number of tetrazole rings is 1. The molecule has 3 rings (SSSR count). The van der Waals surface area contributed by atoms with Crippen molar-refractivity contribution in [3.63, 3.8) is 0 Å². The predicted octanol–water partition coefficient (Wildman–Crippen LogP) is -0.244. The van der Waals surface area contributed by atoms with Gasteiger partial charge in [0.25, 0.3) is 0 Å². The molecular weight excluding hydrogens is 340 g/mol. The summed E-state index contributed by atoms with van der Waals surface area (Å²) in [7, 11) is 0. The Bertz CT molecular complexity index is 676. The fraction of sp³-hybridized carbons (Fsp3) is 0.583. The number of carbonyl (C=O) groups excluding carboxylic acids is 1. The van der Waals surface area contributed by atoms with Crippen LogP contribution in [0.25, 0.3) is 0 Å². The summed E-state index contributed by atoms with van der Waals surface area (Å²) in [6, 6.07) is -0.611. The van der Waals surface area contributed by atoms with Gasteiger partial charge in [0.05, 0.1) is 0 Å². The minimum Gasteiger partial charge on any atom is -0.477 e. The van der Waals surface area contributed by atoms with Crippen LogP contribution in [-0.2, 0) is 16.1 Å². The number of nitrogens with zero attached hydrogens (tertiary/aromatic N) is 5. The van der Waals surface area contributed by atoms with Crippen molar-refractivity contribution in [1.82, 2.24) is 25.1 Å². The Morgan fingerprint density at radius 2 is 2.35 bits per heavy atom. The fourth-order valence-electron chi connectivity index (χ4n) is 2.49. The number of carbonyl (C=O) groups is 2. The fourth-order valence-corrected chi connectivity index (χ4v) is 4.83. The molecule has 1 unspecified atom stereocenters. The van der Waals surface area contributed by atoms with E-state index in [0.717, 1.165) is 6.42 Å². The molecule has 0 spiro atoms. The SMILES string of the molecule is CCCn1nnnc1SCC1=C(C(=O)O)N2C(=O)C(N)[C@@H]2SC1. The summed E-state index contributed by atoms with van der Waals surface area (Å²) in [6.45, 7) is 2.73. The maximum atomic E-state index is 11.9. The highest BCUT2D eigenvalue weighted by molar-refractivity contribution is 8.01. The molecule has 3 heterocycles. The Balaban J connectivity index is 1.78. The largest absolute Gasteiger partial charge is 0.477 e. The average molecular weight is 356 g/mol. The molecule has 1 aromatic rings. The Kier molecular flexibility index (Phi) is 4.60. The van der Waals surface area contributed by atoms with Crippen molar-refractivity contribution in [1.29, 1.82) is 0 Å². The topological polar surface area (TPSA) is 127 Å². The zero-order valence-corrected chi connectivity index (χ0v) is 14.0. The van der Waals surface area contributed by atoms with Crippen LogP contribution in [0.2, 0.25) is 0 Å². The summed E-state index contributed by atoms with van der Waals surface area (Å²) < 4.78 is 1.69. The van der Waals surface area contributed by atoms with Gasteiger partial charge in [-0.05, 0) is 22.4 Å². The van der Waals surface area contributed by atoms with Crippen molar-refractivity contribution in [3.05, 3.63) is 11.3 Å². The lowest BCUT2D eigenvalue weighted by molar-refractivity contribution is -0.147. The maximum absolute atomic E-state index is 11.9. The summed E-state index contributed by atoms with van der Waals surface area (Å²) >= 11 is 2.87. The second-order valence-corrected chi connectivity index (χ2v) is 7.21. The molecule has 2 atom stereocenters. The molecule has 1 amide bonds. The monoisotopic (exact) mass is 356 g/mol. The molecule has 0 radical (unpaired) electrons. The van der Waals surface area contributed by atoms with Gasteiger partial charge in [-0.15, -0.1) is 16.9 Å². The van der Waals surface area contributed by atoms with E-state index in [-0.39, 0.29) is 17.0 Å². The normalized spacial score (nSPS) is 23.7. The second kappa shape index (κ2) is 6.49. The van der Waals surface area contributed by atoms with Crippen LogP contribution in [0.3, 0.4) is 0 Å². The average Bonchev–Trinajstić information content (AvgIpc) is 2.98. The number of nitrogens with two attached hydrogens (primary N) is 1. The lowest BCUT2D eigenvalue weighted by Crippen LogP contribution is -2.68. The van der Waals surface area contributed by atoms with Crippen molar-refractivity contribution in [3.8, 4) is 0 Å². The number of amides is 1. The highest BCUT2D eigenvalue weighted by Gasteiger charge is 2.51. The van der Waals surface area contributed by atoms with Gasteiger partial charge >= 0.3 is 5.97 Å².